The van der Waals surface area contributed by atoms with E-state index in [1.165, 1.54) is 0 Å². The summed E-state index contributed by atoms with van der Waals surface area (Å²) in [5.41, 5.74) is 2.13. The molecule has 0 unspecified atom stereocenters. The summed E-state index contributed by atoms with van der Waals surface area (Å²) in [5, 5.41) is 3.28. The summed E-state index contributed by atoms with van der Waals surface area (Å²) < 4.78 is 10.4. The lowest BCUT2D eigenvalue weighted by Crippen LogP contribution is -2.42. The molecule has 0 atom stereocenters. The standard InChI is InChI=1S/C18H26N2O4/c1-5-23-16(21)9-7-13-6-8-14-15(12-13)20(11-10-19-14)17(22)24-18(2,3)4/h6,8,12,19H,5,7,9-11H2,1-4H3. The Balaban J connectivity index is 2.14. The molecule has 0 fully saturated rings. The van der Waals surface area contributed by atoms with Crippen molar-refractivity contribution >= 4 is 23.4 Å². The quantitative estimate of drug-likeness (QED) is 0.855. The van der Waals surface area contributed by atoms with Gasteiger partial charge in [-0.3, -0.25) is 9.69 Å². The third-order valence-corrected chi connectivity index (χ3v) is 3.54. The summed E-state index contributed by atoms with van der Waals surface area (Å²) in [5.74, 6) is -0.211. The molecule has 0 bridgehead atoms. The molecule has 0 aliphatic carbocycles. The van der Waals surface area contributed by atoms with Gasteiger partial charge >= 0.3 is 12.1 Å². The number of rotatable bonds is 4. The molecule has 1 aromatic rings. The number of carbonyl (C=O) groups excluding carboxylic acids is 2. The summed E-state index contributed by atoms with van der Waals surface area (Å²) in [6, 6.07) is 5.83. The van der Waals surface area contributed by atoms with Gasteiger partial charge in [0.05, 0.1) is 18.0 Å². The zero-order chi connectivity index (χ0) is 17.7. The van der Waals surface area contributed by atoms with Crippen LogP contribution in [-0.4, -0.2) is 37.4 Å². The molecular weight excluding hydrogens is 308 g/mol. The summed E-state index contributed by atoms with van der Waals surface area (Å²) in [6.45, 7) is 8.95. The van der Waals surface area contributed by atoms with E-state index in [1.54, 1.807) is 11.8 Å². The highest BCUT2D eigenvalue weighted by Gasteiger charge is 2.27. The molecule has 2 rings (SSSR count). The average molecular weight is 334 g/mol. The Hall–Kier alpha value is -2.24. The Morgan fingerprint density at radius 2 is 2.04 bits per heavy atom. The number of ether oxygens (including phenoxy) is 2. The van der Waals surface area contributed by atoms with Gasteiger partial charge in [0.1, 0.15) is 5.60 Å². The van der Waals surface area contributed by atoms with Crippen molar-refractivity contribution in [3.8, 4) is 0 Å². The Morgan fingerprint density at radius 1 is 1.29 bits per heavy atom. The van der Waals surface area contributed by atoms with Crippen molar-refractivity contribution in [3.63, 3.8) is 0 Å². The highest BCUT2D eigenvalue weighted by molar-refractivity contribution is 5.93. The van der Waals surface area contributed by atoms with Crippen LogP contribution < -0.4 is 10.2 Å². The van der Waals surface area contributed by atoms with Crippen LogP contribution in [0, 0.1) is 0 Å². The van der Waals surface area contributed by atoms with Gasteiger partial charge in [-0.15, -0.1) is 0 Å². The predicted octanol–water partition coefficient (Wildman–Crippen LogP) is 3.35. The van der Waals surface area contributed by atoms with Crippen LogP contribution in [0.1, 0.15) is 39.7 Å². The summed E-state index contributed by atoms with van der Waals surface area (Å²) in [4.78, 5) is 25.6. The second kappa shape index (κ2) is 7.55. The average Bonchev–Trinajstić information content (AvgIpc) is 2.50. The maximum Gasteiger partial charge on any atom is 0.414 e. The molecule has 1 N–H and O–H groups in total. The first-order chi connectivity index (χ1) is 11.3. The number of nitrogens with one attached hydrogen (secondary N) is 1. The summed E-state index contributed by atoms with van der Waals surface area (Å²) in [6.07, 6.45) is 0.550. The number of fused-ring (bicyclic) bond motifs is 1. The molecule has 0 aromatic heterocycles. The number of amides is 1. The fourth-order valence-corrected chi connectivity index (χ4v) is 2.51. The molecule has 1 aromatic carbocycles. The molecule has 1 aliphatic rings. The molecule has 132 valence electrons. The maximum absolute atomic E-state index is 12.4. The van der Waals surface area contributed by atoms with Gasteiger partial charge in [-0.25, -0.2) is 4.79 Å². The number of anilines is 2. The fraction of sp³-hybridized carbons (Fsp3) is 0.556. The van der Waals surface area contributed by atoms with Crippen LogP contribution in [0.25, 0.3) is 0 Å². The van der Waals surface area contributed by atoms with Gasteiger partial charge in [0.2, 0.25) is 0 Å². The zero-order valence-corrected chi connectivity index (χ0v) is 14.8. The predicted molar refractivity (Wildman–Crippen MR) is 93.5 cm³/mol. The van der Waals surface area contributed by atoms with Gasteiger partial charge in [-0.05, 0) is 51.8 Å². The van der Waals surface area contributed by atoms with E-state index in [0.717, 1.165) is 16.9 Å². The number of hydrogen-bond acceptors (Lipinski definition) is 5. The highest BCUT2D eigenvalue weighted by Crippen LogP contribution is 2.31. The van der Waals surface area contributed by atoms with Crippen LogP contribution in [0.4, 0.5) is 16.2 Å². The Labute approximate surface area is 143 Å². The molecule has 1 heterocycles. The van der Waals surface area contributed by atoms with Gasteiger partial charge in [0.15, 0.2) is 0 Å². The topological polar surface area (TPSA) is 67.9 Å². The van der Waals surface area contributed by atoms with Crippen molar-refractivity contribution < 1.29 is 19.1 Å². The highest BCUT2D eigenvalue weighted by atomic mass is 16.6. The molecule has 0 radical (unpaired) electrons. The number of aryl methyl sites for hydroxylation is 1. The molecule has 1 amide bonds. The molecule has 24 heavy (non-hydrogen) atoms. The molecular formula is C18H26N2O4. The van der Waals surface area contributed by atoms with Gasteiger partial charge < -0.3 is 14.8 Å². The number of benzene rings is 1. The van der Waals surface area contributed by atoms with Crippen LogP contribution in [0.2, 0.25) is 0 Å². The smallest absolute Gasteiger partial charge is 0.414 e. The van der Waals surface area contributed by atoms with Crippen molar-refractivity contribution in [2.24, 2.45) is 0 Å². The van der Waals surface area contributed by atoms with Crippen LogP contribution in [-0.2, 0) is 20.7 Å². The fourth-order valence-electron chi connectivity index (χ4n) is 2.51. The molecule has 0 saturated heterocycles. The van der Waals surface area contributed by atoms with E-state index in [1.807, 2.05) is 39.0 Å². The first kappa shape index (κ1) is 18.1. The van der Waals surface area contributed by atoms with E-state index in [2.05, 4.69) is 5.32 Å². The molecule has 6 heteroatoms. The largest absolute Gasteiger partial charge is 0.466 e. The third kappa shape index (κ3) is 4.88. The lowest BCUT2D eigenvalue weighted by molar-refractivity contribution is -0.143. The zero-order valence-electron chi connectivity index (χ0n) is 14.8. The number of nitrogens with zero attached hydrogens (tertiary/aromatic N) is 1. The van der Waals surface area contributed by atoms with E-state index in [9.17, 15) is 9.59 Å². The van der Waals surface area contributed by atoms with Crippen molar-refractivity contribution in [3.05, 3.63) is 23.8 Å². The second-order valence-corrected chi connectivity index (χ2v) is 6.72. The third-order valence-electron chi connectivity index (χ3n) is 3.54. The summed E-state index contributed by atoms with van der Waals surface area (Å²) >= 11 is 0. The van der Waals surface area contributed by atoms with Crippen molar-refractivity contribution in [2.75, 3.05) is 29.9 Å². The van der Waals surface area contributed by atoms with Crippen LogP contribution in [0.3, 0.4) is 0 Å². The van der Waals surface area contributed by atoms with Gasteiger partial charge in [0.25, 0.3) is 0 Å². The van der Waals surface area contributed by atoms with E-state index in [0.29, 0.717) is 32.5 Å². The lowest BCUT2D eigenvalue weighted by atomic mass is 10.1. The first-order valence-corrected chi connectivity index (χ1v) is 8.33. The van der Waals surface area contributed by atoms with Gasteiger partial charge in [0, 0.05) is 19.5 Å². The van der Waals surface area contributed by atoms with Crippen LogP contribution >= 0.6 is 0 Å². The van der Waals surface area contributed by atoms with E-state index in [4.69, 9.17) is 9.47 Å². The lowest BCUT2D eigenvalue weighted by Gasteiger charge is -2.32. The van der Waals surface area contributed by atoms with Crippen molar-refractivity contribution in [2.45, 2.75) is 46.1 Å². The Morgan fingerprint density at radius 3 is 2.71 bits per heavy atom. The van der Waals surface area contributed by atoms with Crippen molar-refractivity contribution in [1.82, 2.24) is 0 Å². The van der Waals surface area contributed by atoms with Gasteiger partial charge in [-0.2, -0.15) is 0 Å². The number of esters is 1. The van der Waals surface area contributed by atoms with E-state index < -0.39 is 5.60 Å². The van der Waals surface area contributed by atoms with Crippen molar-refractivity contribution in [1.29, 1.82) is 0 Å². The number of hydrogen-bond donors (Lipinski definition) is 1. The SMILES string of the molecule is CCOC(=O)CCc1ccc2c(c1)N(C(=O)OC(C)(C)C)CCN2. The molecule has 1 aliphatic heterocycles. The molecule has 0 saturated carbocycles. The van der Waals surface area contributed by atoms with E-state index in [-0.39, 0.29) is 12.1 Å². The minimum Gasteiger partial charge on any atom is -0.466 e. The normalized spacial score (nSPS) is 13.8. The maximum atomic E-state index is 12.4. The number of carbonyl (C=O) groups is 2. The monoisotopic (exact) mass is 334 g/mol. The summed E-state index contributed by atoms with van der Waals surface area (Å²) in [7, 11) is 0. The minimum absolute atomic E-state index is 0.211. The Bertz CT molecular complexity index is 608. The first-order valence-electron chi connectivity index (χ1n) is 8.33. The second-order valence-electron chi connectivity index (χ2n) is 6.72. The molecule has 6 nitrogen and oxygen atoms in total. The van der Waals surface area contributed by atoms with Gasteiger partial charge in [-0.1, -0.05) is 6.07 Å². The van der Waals surface area contributed by atoms with Crippen LogP contribution in [0.5, 0.6) is 0 Å². The van der Waals surface area contributed by atoms with Crippen LogP contribution in [0.15, 0.2) is 18.2 Å². The minimum atomic E-state index is -0.538. The molecule has 0 spiro atoms. The van der Waals surface area contributed by atoms with E-state index >= 15 is 0 Å². The Kier molecular flexibility index (Phi) is 5.70.